The number of methoxy groups -OCH3 is 1. The van der Waals surface area contributed by atoms with E-state index in [-0.39, 0.29) is 5.97 Å². The van der Waals surface area contributed by atoms with Gasteiger partial charge in [0.15, 0.2) is 0 Å². The number of ether oxygens (including phenoxy) is 1. The molecule has 0 amide bonds. The molecule has 0 bridgehead atoms. The molecule has 1 aliphatic heterocycles. The zero-order chi connectivity index (χ0) is 14.1. The summed E-state index contributed by atoms with van der Waals surface area (Å²) in [6.07, 6.45) is 0. The Morgan fingerprint density at radius 3 is 2.70 bits per heavy atom. The van der Waals surface area contributed by atoms with Gasteiger partial charge in [0.25, 0.3) is 0 Å². The van der Waals surface area contributed by atoms with Crippen LogP contribution in [0.25, 0.3) is 0 Å². The number of nitrogens with zero attached hydrogens (tertiary/aromatic N) is 1. The van der Waals surface area contributed by atoms with Gasteiger partial charge in [-0.25, -0.2) is 4.79 Å². The Kier molecular flexibility index (Phi) is 3.06. The third-order valence-electron chi connectivity index (χ3n) is 3.67. The summed E-state index contributed by atoms with van der Waals surface area (Å²) < 4.78 is 4.85. The second-order valence-electron chi connectivity index (χ2n) is 4.85. The molecule has 102 valence electrons. The maximum Gasteiger partial charge on any atom is 0.339 e. The van der Waals surface area contributed by atoms with Gasteiger partial charge in [-0.1, -0.05) is 24.3 Å². The van der Waals surface area contributed by atoms with Crippen LogP contribution in [-0.4, -0.2) is 13.1 Å². The summed E-state index contributed by atoms with van der Waals surface area (Å²) in [5.41, 5.74) is 10.7. The summed E-state index contributed by atoms with van der Waals surface area (Å²) in [7, 11) is 1.40. The number of hydrogen-bond acceptors (Lipinski definition) is 4. The van der Waals surface area contributed by atoms with Crippen LogP contribution < -0.4 is 10.6 Å². The molecule has 0 aromatic heterocycles. The SMILES string of the molecule is COC(=O)c1ccccc1N1Cc2cccc(N)c2C1. The summed E-state index contributed by atoms with van der Waals surface area (Å²) in [4.78, 5) is 14.0. The molecule has 4 nitrogen and oxygen atoms in total. The van der Waals surface area contributed by atoms with E-state index in [0.29, 0.717) is 5.56 Å². The number of hydrogen-bond donors (Lipinski definition) is 1. The lowest BCUT2D eigenvalue weighted by molar-refractivity contribution is 0.0601. The number of anilines is 2. The van der Waals surface area contributed by atoms with Crippen molar-refractivity contribution in [2.45, 2.75) is 13.1 Å². The van der Waals surface area contributed by atoms with E-state index in [1.165, 1.54) is 12.7 Å². The number of rotatable bonds is 2. The van der Waals surface area contributed by atoms with Crippen molar-refractivity contribution in [2.75, 3.05) is 17.7 Å². The molecule has 0 fully saturated rings. The molecular weight excluding hydrogens is 252 g/mol. The fraction of sp³-hybridized carbons (Fsp3) is 0.188. The third-order valence-corrected chi connectivity index (χ3v) is 3.67. The van der Waals surface area contributed by atoms with Crippen molar-refractivity contribution in [3.63, 3.8) is 0 Å². The van der Waals surface area contributed by atoms with E-state index in [9.17, 15) is 4.79 Å². The largest absolute Gasteiger partial charge is 0.465 e. The Balaban J connectivity index is 1.98. The predicted octanol–water partition coefficient (Wildman–Crippen LogP) is 2.58. The molecule has 0 aliphatic carbocycles. The van der Waals surface area contributed by atoms with Crippen molar-refractivity contribution >= 4 is 17.3 Å². The minimum Gasteiger partial charge on any atom is -0.465 e. The monoisotopic (exact) mass is 268 g/mol. The van der Waals surface area contributed by atoms with Gasteiger partial charge in [0, 0.05) is 18.8 Å². The first kappa shape index (κ1) is 12.5. The fourth-order valence-electron chi connectivity index (χ4n) is 2.65. The molecule has 2 N–H and O–H groups in total. The summed E-state index contributed by atoms with van der Waals surface area (Å²) in [5, 5.41) is 0. The molecule has 0 saturated heterocycles. The van der Waals surface area contributed by atoms with Gasteiger partial charge in [-0.2, -0.15) is 0 Å². The Labute approximate surface area is 117 Å². The van der Waals surface area contributed by atoms with Gasteiger partial charge in [0.2, 0.25) is 0 Å². The highest BCUT2D eigenvalue weighted by molar-refractivity contribution is 5.96. The molecule has 0 atom stereocenters. The molecule has 4 heteroatoms. The van der Waals surface area contributed by atoms with Crippen LogP contribution in [0.4, 0.5) is 11.4 Å². The highest BCUT2D eigenvalue weighted by Crippen LogP contribution is 2.33. The average Bonchev–Trinajstić information content (AvgIpc) is 2.92. The van der Waals surface area contributed by atoms with E-state index >= 15 is 0 Å². The van der Waals surface area contributed by atoms with Gasteiger partial charge >= 0.3 is 5.97 Å². The van der Waals surface area contributed by atoms with Gasteiger partial charge < -0.3 is 15.4 Å². The van der Waals surface area contributed by atoms with Gasteiger partial charge in [-0.15, -0.1) is 0 Å². The van der Waals surface area contributed by atoms with Gasteiger partial charge in [-0.3, -0.25) is 0 Å². The highest BCUT2D eigenvalue weighted by Gasteiger charge is 2.24. The number of esters is 1. The summed E-state index contributed by atoms with van der Waals surface area (Å²) in [6.45, 7) is 1.48. The molecular formula is C16H16N2O2. The lowest BCUT2D eigenvalue weighted by Crippen LogP contribution is -2.18. The zero-order valence-corrected chi connectivity index (χ0v) is 11.3. The fourth-order valence-corrected chi connectivity index (χ4v) is 2.65. The van der Waals surface area contributed by atoms with Crippen molar-refractivity contribution in [3.05, 3.63) is 59.2 Å². The number of nitrogens with two attached hydrogens (primary N) is 1. The number of fused-ring (bicyclic) bond motifs is 1. The first-order chi connectivity index (χ1) is 9.70. The Morgan fingerprint density at radius 1 is 1.15 bits per heavy atom. The second kappa shape index (κ2) is 4.89. The van der Waals surface area contributed by atoms with Crippen LogP contribution in [0.15, 0.2) is 42.5 Å². The van der Waals surface area contributed by atoms with Crippen molar-refractivity contribution in [1.82, 2.24) is 0 Å². The quantitative estimate of drug-likeness (QED) is 0.672. The number of carbonyl (C=O) groups is 1. The minimum atomic E-state index is -0.315. The van der Waals surface area contributed by atoms with Crippen molar-refractivity contribution in [1.29, 1.82) is 0 Å². The highest BCUT2D eigenvalue weighted by atomic mass is 16.5. The van der Waals surface area contributed by atoms with Gasteiger partial charge in [0.05, 0.1) is 18.4 Å². The standard InChI is InChI=1S/C16H16N2O2/c1-20-16(19)12-6-2-3-8-15(12)18-9-11-5-4-7-14(17)13(11)10-18/h2-8H,9-10,17H2,1H3. The molecule has 3 rings (SSSR count). The maximum atomic E-state index is 11.9. The molecule has 2 aromatic carbocycles. The lowest BCUT2D eigenvalue weighted by Gasteiger charge is -2.20. The smallest absolute Gasteiger partial charge is 0.339 e. The normalized spacial score (nSPS) is 13.2. The molecule has 0 saturated carbocycles. The van der Waals surface area contributed by atoms with Gasteiger partial charge in [-0.05, 0) is 29.3 Å². The second-order valence-corrected chi connectivity index (χ2v) is 4.85. The summed E-state index contributed by atoms with van der Waals surface area (Å²) >= 11 is 0. The summed E-state index contributed by atoms with van der Waals surface area (Å²) in [5.74, 6) is -0.315. The van der Waals surface area contributed by atoms with Crippen LogP contribution in [0.5, 0.6) is 0 Å². The van der Waals surface area contributed by atoms with E-state index in [2.05, 4.69) is 11.0 Å². The molecule has 0 spiro atoms. The summed E-state index contributed by atoms with van der Waals surface area (Å²) in [6, 6.07) is 13.4. The molecule has 2 aromatic rings. The van der Waals surface area contributed by atoms with Crippen molar-refractivity contribution in [3.8, 4) is 0 Å². The van der Waals surface area contributed by atoms with Crippen molar-refractivity contribution < 1.29 is 9.53 Å². The maximum absolute atomic E-state index is 11.9. The number of benzene rings is 2. The Hall–Kier alpha value is -2.49. The average molecular weight is 268 g/mol. The number of para-hydroxylation sites is 1. The lowest BCUT2D eigenvalue weighted by atomic mass is 10.1. The van der Waals surface area contributed by atoms with E-state index in [4.69, 9.17) is 10.5 Å². The van der Waals surface area contributed by atoms with Crippen molar-refractivity contribution in [2.24, 2.45) is 0 Å². The first-order valence-electron chi connectivity index (χ1n) is 6.49. The van der Waals surface area contributed by atoms with Crippen LogP contribution >= 0.6 is 0 Å². The number of carbonyl (C=O) groups excluding carboxylic acids is 1. The van der Waals surface area contributed by atoms with E-state index in [1.807, 2.05) is 30.3 Å². The van der Waals surface area contributed by atoms with Gasteiger partial charge in [0.1, 0.15) is 0 Å². The van der Waals surface area contributed by atoms with Crippen LogP contribution in [0.1, 0.15) is 21.5 Å². The van der Waals surface area contributed by atoms with Crippen LogP contribution in [0.3, 0.4) is 0 Å². The van der Waals surface area contributed by atoms with Crippen LogP contribution in [0, 0.1) is 0 Å². The van der Waals surface area contributed by atoms with E-state index in [1.54, 1.807) is 6.07 Å². The molecule has 20 heavy (non-hydrogen) atoms. The van der Waals surface area contributed by atoms with Crippen LogP contribution in [0.2, 0.25) is 0 Å². The minimum absolute atomic E-state index is 0.315. The van der Waals surface area contributed by atoms with E-state index < -0.39 is 0 Å². The third kappa shape index (κ3) is 1.99. The molecule has 1 aliphatic rings. The van der Waals surface area contributed by atoms with Crippen LogP contribution in [-0.2, 0) is 17.8 Å². The Bertz CT molecular complexity index is 667. The zero-order valence-electron chi connectivity index (χ0n) is 11.3. The molecule has 1 heterocycles. The first-order valence-corrected chi connectivity index (χ1v) is 6.49. The topological polar surface area (TPSA) is 55.6 Å². The number of nitrogen functional groups attached to an aromatic ring is 1. The Morgan fingerprint density at radius 2 is 1.95 bits per heavy atom. The van der Waals surface area contributed by atoms with E-state index in [0.717, 1.165) is 30.0 Å². The predicted molar refractivity (Wildman–Crippen MR) is 78.5 cm³/mol. The molecule has 0 radical (unpaired) electrons. The molecule has 0 unspecified atom stereocenters.